The van der Waals surface area contributed by atoms with Crippen LogP contribution in [0.1, 0.15) is 33.4 Å². The molecule has 1 heterocycles. The minimum Gasteiger partial charge on any atom is -0.312 e. The number of hydrogen-bond donors (Lipinski definition) is 1. The highest BCUT2D eigenvalue weighted by molar-refractivity contribution is 6.31. The van der Waals surface area contributed by atoms with E-state index in [0.717, 1.165) is 23.8 Å². The smallest absolute Gasteiger partial charge is 0.0814 e. The van der Waals surface area contributed by atoms with Gasteiger partial charge in [-0.3, -0.25) is 4.68 Å². The lowest BCUT2D eigenvalue weighted by atomic mass is 9.86. The fourth-order valence-electron chi connectivity index (χ4n) is 1.67. The van der Waals surface area contributed by atoms with E-state index in [1.807, 2.05) is 11.6 Å². The molecule has 16 heavy (non-hydrogen) atoms. The van der Waals surface area contributed by atoms with Gasteiger partial charge >= 0.3 is 0 Å². The van der Waals surface area contributed by atoms with Gasteiger partial charge in [-0.1, -0.05) is 39.3 Å². The Balaban J connectivity index is 2.80. The highest BCUT2D eigenvalue weighted by Crippen LogP contribution is 2.22. The largest absolute Gasteiger partial charge is 0.312 e. The van der Waals surface area contributed by atoms with Crippen LogP contribution in [0.4, 0.5) is 0 Å². The van der Waals surface area contributed by atoms with Crippen LogP contribution in [0.5, 0.6) is 0 Å². The van der Waals surface area contributed by atoms with Gasteiger partial charge in [0, 0.05) is 6.04 Å². The molecular weight excluding hydrogens is 222 g/mol. The van der Waals surface area contributed by atoms with Crippen molar-refractivity contribution >= 4 is 11.6 Å². The zero-order valence-corrected chi connectivity index (χ0v) is 11.6. The summed E-state index contributed by atoms with van der Waals surface area (Å²) in [7, 11) is 0. The first-order chi connectivity index (χ1) is 7.36. The molecule has 1 N–H and O–H groups in total. The van der Waals surface area contributed by atoms with Crippen molar-refractivity contribution in [3.05, 3.63) is 16.9 Å². The maximum atomic E-state index is 6.00. The first kappa shape index (κ1) is 13.5. The normalized spacial score (nSPS) is 14.1. The van der Waals surface area contributed by atoms with Crippen molar-refractivity contribution in [3.8, 4) is 0 Å². The molecule has 1 unspecified atom stereocenters. The number of nitrogens with zero attached hydrogens (tertiary/aromatic N) is 2. The van der Waals surface area contributed by atoms with Crippen molar-refractivity contribution in [1.82, 2.24) is 15.1 Å². The van der Waals surface area contributed by atoms with Crippen LogP contribution in [0.25, 0.3) is 0 Å². The van der Waals surface area contributed by atoms with Crippen molar-refractivity contribution in [3.63, 3.8) is 0 Å². The molecule has 0 spiro atoms. The minimum absolute atomic E-state index is 0.209. The van der Waals surface area contributed by atoms with E-state index in [1.165, 1.54) is 0 Å². The summed E-state index contributed by atoms with van der Waals surface area (Å²) >= 11 is 6.00. The average molecular weight is 244 g/mol. The molecule has 1 aromatic rings. The summed E-state index contributed by atoms with van der Waals surface area (Å²) < 4.78 is 1.97. The molecule has 0 saturated heterocycles. The van der Waals surface area contributed by atoms with Crippen LogP contribution >= 0.6 is 11.6 Å². The lowest BCUT2D eigenvalue weighted by Gasteiger charge is -2.31. The second-order valence-corrected chi connectivity index (χ2v) is 5.64. The van der Waals surface area contributed by atoms with Crippen molar-refractivity contribution < 1.29 is 0 Å². The Labute approximate surface area is 103 Å². The molecule has 0 saturated carbocycles. The summed E-state index contributed by atoms with van der Waals surface area (Å²) in [5.41, 5.74) is 1.25. The Bertz CT molecular complexity index is 339. The lowest BCUT2D eigenvalue weighted by Crippen LogP contribution is -2.43. The Kier molecular flexibility index (Phi) is 4.39. The second-order valence-electron chi connectivity index (χ2n) is 5.24. The number of likely N-dealkylation sites (N-methyl/N-ethyl adjacent to an activating group) is 1. The molecule has 1 atom stereocenters. The molecule has 0 aliphatic heterocycles. The molecule has 0 amide bonds. The molecule has 92 valence electrons. The molecule has 1 rings (SSSR count). The van der Waals surface area contributed by atoms with Crippen molar-refractivity contribution in [1.29, 1.82) is 0 Å². The van der Waals surface area contributed by atoms with Gasteiger partial charge in [0.1, 0.15) is 0 Å². The molecule has 0 aliphatic rings. The lowest BCUT2D eigenvalue weighted by molar-refractivity contribution is 0.237. The second kappa shape index (κ2) is 5.19. The maximum Gasteiger partial charge on any atom is 0.0814 e. The number of nitrogens with one attached hydrogen (secondary N) is 1. The van der Waals surface area contributed by atoms with Gasteiger partial charge in [-0.05, 0) is 18.9 Å². The molecule has 3 nitrogen and oxygen atoms in total. The number of hydrogen-bond acceptors (Lipinski definition) is 2. The zero-order valence-electron chi connectivity index (χ0n) is 10.8. The third-order valence-electron chi connectivity index (χ3n) is 2.89. The van der Waals surface area contributed by atoms with Crippen molar-refractivity contribution in [2.45, 2.75) is 47.2 Å². The Morgan fingerprint density at radius 3 is 2.50 bits per heavy atom. The minimum atomic E-state index is 0.209. The topological polar surface area (TPSA) is 29.9 Å². The van der Waals surface area contributed by atoms with Crippen LogP contribution in [0, 0.1) is 12.3 Å². The fourth-order valence-corrected chi connectivity index (χ4v) is 1.81. The van der Waals surface area contributed by atoms with E-state index in [9.17, 15) is 0 Å². The zero-order chi connectivity index (χ0) is 12.3. The SMILES string of the molecule is CCNC(Cn1ncc(Cl)c1C)C(C)(C)C. The van der Waals surface area contributed by atoms with Crippen LogP contribution in [0.3, 0.4) is 0 Å². The van der Waals surface area contributed by atoms with E-state index in [0.29, 0.717) is 6.04 Å². The predicted molar refractivity (Wildman–Crippen MR) is 68.9 cm³/mol. The standard InChI is InChI=1S/C12H22ClN3/c1-6-14-11(12(3,4)5)8-16-9(2)10(13)7-15-16/h7,11,14H,6,8H2,1-5H3. The third kappa shape index (κ3) is 3.22. The van der Waals surface area contributed by atoms with Gasteiger partial charge in [-0.25, -0.2) is 0 Å². The Morgan fingerprint density at radius 2 is 2.12 bits per heavy atom. The van der Waals surface area contributed by atoms with Crippen LogP contribution in [-0.2, 0) is 6.54 Å². The molecule has 0 aliphatic carbocycles. The Hall–Kier alpha value is -0.540. The van der Waals surface area contributed by atoms with E-state index in [-0.39, 0.29) is 5.41 Å². The Morgan fingerprint density at radius 1 is 1.50 bits per heavy atom. The van der Waals surface area contributed by atoms with E-state index >= 15 is 0 Å². The summed E-state index contributed by atoms with van der Waals surface area (Å²) in [6.45, 7) is 12.7. The summed E-state index contributed by atoms with van der Waals surface area (Å²) in [4.78, 5) is 0. The quantitative estimate of drug-likeness (QED) is 0.882. The molecule has 0 radical (unpaired) electrons. The highest BCUT2D eigenvalue weighted by atomic mass is 35.5. The average Bonchev–Trinajstić information content (AvgIpc) is 2.47. The predicted octanol–water partition coefficient (Wildman–Crippen LogP) is 2.87. The molecule has 0 fully saturated rings. The summed E-state index contributed by atoms with van der Waals surface area (Å²) in [6, 6.07) is 0.396. The summed E-state index contributed by atoms with van der Waals surface area (Å²) in [6.07, 6.45) is 1.71. The van der Waals surface area contributed by atoms with Crippen LogP contribution < -0.4 is 5.32 Å². The molecule has 0 aromatic carbocycles. The molecule has 4 heteroatoms. The van der Waals surface area contributed by atoms with Crippen LogP contribution in [0.2, 0.25) is 5.02 Å². The number of halogens is 1. The van der Waals surface area contributed by atoms with Gasteiger partial charge < -0.3 is 5.32 Å². The monoisotopic (exact) mass is 243 g/mol. The van der Waals surface area contributed by atoms with Gasteiger partial charge in [0.2, 0.25) is 0 Å². The van der Waals surface area contributed by atoms with Crippen LogP contribution in [0.15, 0.2) is 6.20 Å². The van der Waals surface area contributed by atoms with E-state index in [4.69, 9.17) is 11.6 Å². The van der Waals surface area contributed by atoms with Gasteiger partial charge in [0.25, 0.3) is 0 Å². The first-order valence-electron chi connectivity index (χ1n) is 5.77. The van der Waals surface area contributed by atoms with Crippen LogP contribution in [-0.4, -0.2) is 22.4 Å². The molecular formula is C12H22ClN3. The van der Waals surface area contributed by atoms with Gasteiger partial charge in [0.05, 0.1) is 23.5 Å². The van der Waals surface area contributed by atoms with Gasteiger partial charge in [0.15, 0.2) is 0 Å². The third-order valence-corrected chi connectivity index (χ3v) is 3.27. The summed E-state index contributed by atoms with van der Waals surface area (Å²) in [5.74, 6) is 0. The maximum absolute atomic E-state index is 6.00. The molecule has 1 aromatic heterocycles. The van der Waals surface area contributed by atoms with E-state index in [1.54, 1.807) is 6.20 Å². The van der Waals surface area contributed by atoms with Crippen molar-refractivity contribution in [2.24, 2.45) is 5.41 Å². The summed E-state index contributed by atoms with van der Waals surface area (Å²) in [5, 5.41) is 8.54. The fraction of sp³-hybridized carbons (Fsp3) is 0.750. The first-order valence-corrected chi connectivity index (χ1v) is 6.15. The number of aromatic nitrogens is 2. The van der Waals surface area contributed by atoms with Gasteiger partial charge in [-0.2, -0.15) is 5.10 Å². The van der Waals surface area contributed by atoms with E-state index in [2.05, 4.69) is 38.1 Å². The molecule has 0 bridgehead atoms. The number of rotatable bonds is 4. The van der Waals surface area contributed by atoms with Crippen molar-refractivity contribution in [2.75, 3.05) is 6.54 Å². The van der Waals surface area contributed by atoms with Gasteiger partial charge in [-0.15, -0.1) is 0 Å². The van der Waals surface area contributed by atoms with E-state index < -0.39 is 0 Å². The highest BCUT2D eigenvalue weighted by Gasteiger charge is 2.24.